The first kappa shape index (κ1) is 16.2. The summed E-state index contributed by atoms with van der Waals surface area (Å²) in [6.45, 7) is 5.14. The van der Waals surface area contributed by atoms with Gasteiger partial charge < -0.3 is 24.7 Å². The van der Waals surface area contributed by atoms with Crippen molar-refractivity contribution >= 4 is 11.7 Å². The number of nitrogens with zero attached hydrogens (tertiary/aromatic N) is 2. The molecule has 7 nitrogen and oxygen atoms in total. The van der Waals surface area contributed by atoms with Gasteiger partial charge >= 0.3 is 6.03 Å². The molecule has 2 heterocycles. The first-order chi connectivity index (χ1) is 11.5. The molecule has 1 aliphatic rings. The normalized spacial score (nSPS) is 14.3. The number of aryl methyl sites for hydroxylation is 1. The first-order valence-electron chi connectivity index (χ1n) is 7.99. The minimum Gasteiger partial charge on any atom is -0.486 e. The highest BCUT2D eigenvalue weighted by molar-refractivity contribution is 5.89. The summed E-state index contributed by atoms with van der Waals surface area (Å²) in [6.07, 6.45) is 3.59. The molecular weight excluding hydrogens is 308 g/mol. The molecule has 1 aliphatic heterocycles. The zero-order valence-corrected chi connectivity index (χ0v) is 14.1. The molecule has 2 aromatic rings. The fourth-order valence-electron chi connectivity index (χ4n) is 2.64. The molecule has 0 saturated carbocycles. The minimum atomic E-state index is -0.284. The number of anilines is 1. The van der Waals surface area contributed by atoms with Crippen LogP contribution in [0.2, 0.25) is 0 Å². The summed E-state index contributed by atoms with van der Waals surface area (Å²) < 4.78 is 12.9. The number of fused-ring (bicyclic) bond motifs is 1. The van der Waals surface area contributed by atoms with Gasteiger partial charge in [-0.05, 0) is 18.1 Å². The van der Waals surface area contributed by atoms with Crippen LogP contribution in [-0.4, -0.2) is 28.8 Å². The van der Waals surface area contributed by atoms with Crippen molar-refractivity contribution in [2.75, 3.05) is 18.5 Å². The predicted octanol–water partition coefficient (Wildman–Crippen LogP) is 2.71. The van der Waals surface area contributed by atoms with E-state index in [9.17, 15) is 4.79 Å². The molecule has 0 fully saturated rings. The van der Waals surface area contributed by atoms with Crippen molar-refractivity contribution in [2.45, 2.75) is 19.9 Å². The zero-order chi connectivity index (χ0) is 17.1. The molecule has 0 saturated heterocycles. The first-order valence-corrected chi connectivity index (χ1v) is 7.99. The van der Waals surface area contributed by atoms with E-state index in [0.29, 0.717) is 30.4 Å². The lowest BCUT2D eigenvalue weighted by Crippen LogP contribution is -2.36. The third-order valence-electron chi connectivity index (χ3n) is 3.89. The molecule has 1 aromatic heterocycles. The molecule has 3 rings (SSSR count). The van der Waals surface area contributed by atoms with Crippen LogP contribution in [0.1, 0.15) is 25.7 Å². The number of nitrogens with one attached hydrogen (secondary N) is 2. The summed E-state index contributed by atoms with van der Waals surface area (Å²) >= 11 is 0. The van der Waals surface area contributed by atoms with Gasteiger partial charge in [-0.2, -0.15) is 0 Å². The van der Waals surface area contributed by atoms with E-state index in [1.165, 1.54) is 0 Å². The predicted molar refractivity (Wildman–Crippen MR) is 90.4 cm³/mol. The molecule has 24 heavy (non-hydrogen) atoms. The van der Waals surface area contributed by atoms with Crippen LogP contribution in [0, 0.1) is 5.92 Å². The SMILES string of the molecule is CC(C)[C@@H](NC(=O)Nc1ccc2c(c1)OCCO2)c1nccn1C. The Morgan fingerprint density at radius 2 is 2.00 bits per heavy atom. The topological polar surface area (TPSA) is 77.4 Å². The molecule has 0 spiro atoms. The average molecular weight is 330 g/mol. The van der Waals surface area contributed by atoms with Crippen LogP contribution < -0.4 is 20.1 Å². The highest BCUT2D eigenvalue weighted by Crippen LogP contribution is 2.32. The van der Waals surface area contributed by atoms with E-state index in [0.717, 1.165) is 5.82 Å². The molecule has 0 aliphatic carbocycles. The molecule has 1 aromatic carbocycles. The second-order valence-electron chi connectivity index (χ2n) is 6.07. The highest BCUT2D eigenvalue weighted by atomic mass is 16.6. The molecule has 0 radical (unpaired) electrons. The number of carbonyl (C=O) groups excluding carboxylic acids is 1. The van der Waals surface area contributed by atoms with E-state index < -0.39 is 0 Å². The molecule has 7 heteroatoms. The van der Waals surface area contributed by atoms with Crippen LogP contribution in [0.15, 0.2) is 30.6 Å². The highest BCUT2D eigenvalue weighted by Gasteiger charge is 2.22. The summed E-state index contributed by atoms with van der Waals surface area (Å²) in [6, 6.07) is 4.89. The van der Waals surface area contributed by atoms with Gasteiger partial charge in [0.2, 0.25) is 0 Å². The van der Waals surface area contributed by atoms with Crippen molar-refractivity contribution in [1.82, 2.24) is 14.9 Å². The smallest absolute Gasteiger partial charge is 0.319 e. The molecule has 128 valence electrons. The fourth-order valence-corrected chi connectivity index (χ4v) is 2.64. The average Bonchev–Trinajstić information content (AvgIpc) is 2.98. The van der Waals surface area contributed by atoms with Gasteiger partial charge in [0.25, 0.3) is 0 Å². The number of urea groups is 1. The standard InChI is InChI=1S/C17H22N4O3/c1-11(2)15(16-18-6-7-21(16)3)20-17(22)19-12-4-5-13-14(10-12)24-9-8-23-13/h4-7,10-11,15H,8-9H2,1-3H3,(H2,19,20,22)/t15-/m1/s1. The Hall–Kier alpha value is -2.70. The van der Waals surface area contributed by atoms with Gasteiger partial charge in [0, 0.05) is 31.2 Å². The van der Waals surface area contributed by atoms with Crippen LogP contribution in [-0.2, 0) is 7.05 Å². The number of ether oxygens (including phenoxy) is 2. The maximum absolute atomic E-state index is 12.4. The maximum Gasteiger partial charge on any atom is 0.319 e. The maximum atomic E-state index is 12.4. The van der Waals surface area contributed by atoms with Gasteiger partial charge in [-0.25, -0.2) is 9.78 Å². The summed E-state index contributed by atoms with van der Waals surface area (Å²) in [5.41, 5.74) is 0.652. The van der Waals surface area contributed by atoms with Crippen molar-refractivity contribution in [3.05, 3.63) is 36.4 Å². The summed E-state index contributed by atoms with van der Waals surface area (Å²) in [7, 11) is 1.91. The van der Waals surface area contributed by atoms with Crippen LogP contribution >= 0.6 is 0 Å². The Bertz CT molecular complexity index is 726. The third kappa shape index (κ3) is 3.45. The van der Waals surface area contributed by atoms with Gasteiger partial charge in [-0.15, -0.1) is 0 Å². The lowest BCUT2D eigenvalue weighted by Gasteiger charge is -2.23. The fraction of sp³-hybridized carbons (Fsp3) is 0.412. The van der Waals surface area contributed by atoms with Crippen molar-refractivity contribution in [2.24, 2.45) is 13.0 Å². The number of rotatable bonds is 4. The van der Waals surface area contributed by atoms with E-state index in [1.54, 1.807) is 24.4 Å². The molecule has 1 atom stereocenters. The number of hydrogen-bond acceptors (Lipinski definition) is 4. The number of imidazole rings is 1. The van der Waals surface area contributed by atoms with Gasteiger partial charge in [0.1, 0.15) is 19.0 Å². The number of carbonyl (C=O) groups is 1. The summed E-state index contributed by atoms with van der Waals surface area (Å²) in [5.74, 6) is 2.36. The largest absolute Gasteiger partial charge is 0.486 e. The monoisotopic (exact) mass is 330 g/mol. The quantitative estimate of drug-likeness (QED) is 0.903. The third-order valence-corrected chi connectivity index (χ3v) is 3.89. The molecule has 2 amide bonds. The van der Waals surface area contributed by atoms with Gasteiger partial charge in [-0.3, -0.25) is 0 Å². The Morgan fingerprint density at radius 3 is 2.67 bits per heavy atom. The minimum absolute atomic E-state index is 0.179. The number of aromatic nitrogens is 2. The van der Waals surface area contributed by atoms with E-state index in [2.05, 4.69) is 15.6 Å². The molecule has 0 unspecified atom stereocenters. The second-order valence-corrected chi connectivity index (χ2v) is 6.07. The van der Waals surface area contributed by atoms with E-state index in [1.807, 2.05) is 31.7 Å². The Kier molecular flexibility index (Phi) is 4.59. The van der Waals surface area contributed by atoms with Crippen LogP contribution in [0.25, 0.3) is 0 Å². The Morgan fingerprint density at radius 1 is 1.25 bits per heavy atom. The number of hydrogen-bond donors (Lipinski definition) is 2. The van der Waals surface area contributed by atoms with E-state index in [-0.39, 0.29) is 18.0 Å². The molecular formula is C17H22N4O3. The van der Waals surface area contributed by atoms with Crippen LogP contribution in [0.4, 0.5) is 10.5 Å². The zero-order valence-electron chi connectivity index (χ0n) is 14.1. The molecule has 0 bridgehead atoms. The van der Waals surface area contributed by atoms with Crippen molar-refractivity contribution in [3.8, 4) is 11.5 Å². The Labute approximate surface area is 141 Å². The Balaban J connectivity index is 1.69. The summed E-state index contributed by atoms with van der Waals surface area (Å²) in [5, 5.41) is 5.82. The van der Waals surface area contributed by atoms with Gasteiger partial charge in [-0.1, -0.05) is 13.8 Å². The lowest BCUT2D eigenvalue weighted by atomic mass is 10.0. The molecule has 2 N–H and O–H groups in total. The summed E-state index contributed by atoms with van der Waals surface area (Å²) in [4.78, 5) is 16.7. The lowest BCUT2D eigenvalue weighted by molar-refractivity contribution is 0.171. The number of amides is 2. The van der Waals surface area contributed by atoms with E-state index >= 15 is 0 Å². The van der Waals surface area contributed by atoms with Crippen molar-refractivity contribution < 1.29 is 14.3 Å². The van der Waals surface area contributed by atoms with Crippen LogP contribution in [0.3, 0.4) is 0 Å². The van der Waals surface area contributed by atoms with Gasteiger partial charge in [0.15, 0.2) is 11.5 Å². The van der Waals surface area contributed by atoms with Gasteiger partial charge in [0.05, 0.1) is 6.04 Å². The number of benzene rings is 1. The van der Waals surface area contributed by atoms with Crippen molar-refractivity contribution in [3.63, 3.8) is 0 Å². The van der Waals surface area contributed by atoms with Crippen molar-refractivity contribution in [1.29, 1.82) is 0 Å². The van der Waals surface area contributed by atoms with Crippen LogP contribution in [0.5, 0.6) is 11.5 Å². The van der Waals surface area contributed by atoms with E-state index in [4.69, 9.17) is 9.47 Å². The second kappa shape index (κ2) is 6.82.